The van der Waals surface area contributed by atoms with Gasteiger partial charge in [-0.1, -0.05) is 36.8 Å². The van der Waals surface area contributed by atoms with Crippen LogP contribution in [0.3, 0.4) is 0 Å². The van der Waals surface area contributed by atoms with E-state index in [9.17, 15) is 4.79 Å². The minimum Gasteiger partial charge on any atom is -0.338 e. The molecule has 2 aromatic carbocycles. The number of aromatic nitrogens is 3. The van der Waals surface area contributed by atoms with Crippen LogP contribution in [0.25, 0.3) is 10.8 Å². The van der Waals surface area contributed by atoms with Gasteiger partial charge in [-0.2, -0.15) is 0 Å². The highest BCUT2D eigenvalue weighted by atomic mass is 16.2. The summed E-state index contributed by atoms with van der Waals surface area (Å²) in [4.78, 5) is 15.2. The lowest BCUT2D eigenvalue weighted by Gasteiger charge is -2.32. The van der Waals surface area contributed by atoms with Gasteiger partial charge in [0, 0.05) is 37.5 Å². The Kier molecular flexibility index (Phi) is 4.59. The van der Waals surface area contributed by atoms with Gasteiger partial charge in [0.25, 0.3) is 5.91 Å². The van der Waals surface area contributed by atoms with Crippen LogP contribution in [0.15, 0.2) is 42.5 Å². The summed E-state index contributed by atoms with van der Waals surface area (Å²) in [6.45, 7) is 2.58. The number of carbonyl (C=O) groups excluding carboxylic acids is 1. The highest BCUT2D eigenvalue weighted by Gasteiger charge is 2.30. The molecular formula is C23H26N4O. The third-order valence-corrected chi connectivity index (χ3v) is 6.21. The van der Waals surface area contributed by atoms with Crippen molar-refractivity contribution in [2.24, 2.45) is 0 Å². The average molecular weight is 374 g/mol. The normalized spacial score (nSPS) is 20.0. The number of hydrogen-bond acceptors (Lipinski definition) is 3. The molecule has 0 unspecified atom stereocenters. The summed E-state index contributed by atoms with van der Waals surface area (Å²) in [7, 11) is 0. The maximum absolute atomic E-state index is 13.2. The lowest BCUT2D eigenvalue weighted by molar-refractivity contribution is 0.0703. The van der Waals surface area contributed by atoms with Crippen molar-refractivity contribution < 1.29 is 4.79 Å². The van der Waals surface area contributed by atoms with Gasteiger partial charge in [0.15, 0.2) is 0 Å². The van der Waals surface area contributed by atoms with Crippen LogP contribution in [0.2, 0.25) is 0 Å². The molecule has 0 saturated carbocycles. The zero-order chi connectivity index (χ0) is 18.9. The summed E-state index contributed by atoms with van der Waals surface area (Å²) in [6, 6.07) is 14.2. The van der Waals surface area contributed by atoms with Crippen molar-refractivity contribution in [1.82, 2.24) is 19.7 Å². The molecule has 0 aliphatic carbocycles. The van der Waals surface area contributed by atoms with Crippen molar-refractivity contribution >= 4 is 16.7 Å². The van der Waals surface area contributed by atoms with Gasteiger partial charge in [-0.05, 0) is 48.6 Å². The van der Waals surface area contributed by atoms with Crippen LogP contribution >= 0.6 is 0 Å². The Bertz CT molecular complexity index is 1010. The third kappa shape index (κ3) is 3.19. The molecule has 1 aromatic heterocycles. The molecule has 1 atom stereocenters. The van der Waals surface area contributed by atoms with Crippen LogP contribution in [0.5, 0.6) is 0 Å². The molecule has 5 rings (SSSR count). The molecule has 3 aromatic rings. The molecule has 5 heteroatoms. The molecule has 1 saturated heterocycles. The fourth-order valence-corrected chi connectivity index (χ4v) is 4.69. The van der Waals surface area contributed by atoms with E-state index < -0.39 is 0 Å². The molecular weight excluding hydrogens is 348 g/mol. The second kappa shape index (κ2) is 7.38. The van der Waals surface area contributed by atoms with Gasteiger partial charge < -0.3 is 9.47 Å². The van der Waals surface area contributed by atoms with E-state index in [1.165, 1.54) is 24.6 Å². The van der Waals surface area contributed by atoms with Gasteiger partial charge in [-0.25, -0.2) is 0 Å². The van der Waals surface area contributed by atoms with E-state index in [2.05, 4.69) is 26.9 Å². The topological polar surface area (TPSA) is 51.0 Å². The number of nitrogens with zero attached hydrogens (tertiary/aromatic N) is 4. The second-order valence-electron chi connectivity index (χ2n) is 8.09. The summed E-state index contributed by atoms with van der Waals surface area (Å²) in [5.41, 5.74) is 0.777. The minimum absolute atomic E-state index is 0.131. The maximum Gasteiger partial charge on any atom is 0.253 e. The summed E-state index contributed by atoms with van der Waals surface area (Å²) in [6.07, 6.45) is 6.80. The maximum atomic E-state index is 13.2. The molecule has 0 radical (unpaired) electrons. The second-order valence-corrected chi connectivity index (χ2v) is 8.09. The van der Waals surface area contributed by atoms with E-state index in [1.807, 2.05) is 35.2 Å². The molecule has 2 aliphatic heterocycles. The predicted octanol–water partition coefficient (Wildman–Crippen LogP) is 4.18. The lowest BCUT2D eigenvalue weighted by Crippen LogP contribution is -2.39. The van der Waals surface area contributed by atoms with E-state index in [1.54, 1.807) is 0 Å². The SMILES string of the molecule is O=C(c1ccc2ccccc2c1)N1CCC[C@@H](c2nnc3n2CCCCC3)C1. The molecule has 1 amide bonds. The third-order valence-electron chi connectivity index (χ3n) is 6.21. The van der Waals surface area contributed by atoms with Crippen LogP contribution < -0.4 is 0 Å². The Balaban J connectivity index is 1.38. The molecule has 3 heterocycles. The van der Waals surface area contributed by atoms with Gasteiger partial charge in [-0.3, -0.25) is 4.79 Å². The number of carbonyl (C=O) groups is 1. The van der Waals surface area contributed by atoms with Crippen LogP contribution in [0.4, 0.5) is 0 Å². The van der Waals surface area contributed by atoms with E-state index >= 15 is 0 Å². The average Bonchev–Trinajstić information content (AvgIpc) is 3.01. The van der Waals surface area contributed by atoms with Gasteiger partial charge in [0.1, 0.15) is 11.6 Å². The Labute approximate surface area is 165 Å². The van der Waals surface area contributed by atoms with Crippen molar-refractivity contribution in [2.45, 2.75) is 51.0 Å². The lowest BCUT2D eigenvalue weighted by atomic mass is 9.96. The zero-order valence-corrected chi connectivity index (χ0v) is 16.2. The van der Waals surface area contributed by atoms with Crippen molar-refractivity contribution in [2.75, 3.05) is 13.1 Å². The van der Waals surface area contributed by atoms with E-state index in [0.29, 0.717) is 0 Å². The van der Waals surface area contributed by atoms with Gasteiger partial charge in [-0.15, -0.1) is 10.2 Å². The van der Waals surface area contributed by atoms with E-state index in [0.717, 1.165) is 61.5 Å². The number of piperidine rings is 1. The Morgan fingerprint density at radius 1 is 0.929 bits per heavy atom. The molecule has 1 fully saturated rings. The monoisotopic (exact) mass is 374 g/mol. The molecule has 5 nitrogen and oxygen atoms in total. The Morgan fingerprint density at radius 2 is 1.82 bits per heavy atom. The standard InChI is InChI=1S/C23H26N4O/c28-23(19-12-11-17-7-3-4-8-18(17)15-19)26-13-6-9-20(16-26)22-25-24-21-10-2-1-5-14-27(21)22/h3-4,7-8,11-12,15,20H,1-2,5-6,9-10,13-14,16H2/t20-/m1/s1. The van der Waals surface area contributed by atoms with Crippen molar-refractivity contribution in [3.8, 4) is 0 Å². The number of benzene rings is 2. The fourth-order valence-electron chi connectivity index (χ4n) is 4.69. The number of rotatable bonds is 2. The predicted molar refractivity (Wildman–Crippen MR) is 109 cm³/mol. The van der Waals surface area contributed by atoms with Crippen molar-refractivity contribution in [3.05, 3.63) is 59.7 Å². The molecule has 0 spiro atoms. The van der Waals surface area contributed by atoms with Gasteiger partial charge in [0.05, 0.1) is 0 Å². The first-order valence-corrected chi connectivity index (χ1v) is 10.5. The molecule has 0 N–H and O–H groups in total. The van der Waals surface area contributed by atoms with Crippen molar-refractivity contribution in [1.29, 1.82) is 0 Å². The molecule has 28 heavy (non-hydrogen) atoms. The van der Waals surface area contributed by atoms with Crippen LogP contribution in [-0.4, -0.2) is 38.7 Å². The summed E-state index contributed by atoms with van der Waals surface area (Å²) in [5, 5.41) is 11.3. The number of fused-ring (bicyclic) bond motifs is 2. The summed E-state index contributed by atoms with van der Waals surface area (Å²) < 4.78 is 2.33. The van der Waals surface area contributed by atoms with E-state index in [4.69, 9.17) is 0 Å². The quantitative estimate of drug-likeness (QED) is 0.676. The molecule has 0 bridgehead atoms. The first-order chi connectivity index (χ1) is 13.8. The highest BCUT2D eigenvalue weighted by Crippen LogP contribution is 2.29. The van der Waals surface area contributed by atoms with Crippen LogP contribution in [-0.2, 0) is 13.0 Å². The first kappa shape index (κ1) is 17.4. The summed E-state index contributed by atoms with van der Waals surface area (Å²) in [5.74, 6) is 2.64. The number of amides is 1. The van der Waals surface area contributed by atoms with Crippen molar-refractivity contribution in [3.63, 3.8) is 0 Å². The summed E-state index contributed by atoms with van der Waals surface area (Å²) >= 11 is 0. The smallest absolute Gasteiger partial charge is 0.253 e. The number of aryl methyl sites for hydroxylation is 1. The van der Waals surface area contributed by atoms with Gasteiger partial charge >= 0.3 is 0 Å². The van der Waals surface area contributed by atoms with Crippen LogP contribution in [0.1, 0.15) is 60.0 Å². The van der Waals surface area contributed by atoms with E-state index in [-0.39, 0.29) is 11.8 Å². The molecule has 144 valence electrons. The largest absolute Gasteiger partial charge is 0.338 e. The van der Waals surface area contributed by atoms with Crippen LogP contribution in [0, 0.1) is 0 Å². The zero-order valence-electron chi connectivity index (χ0n) is 16.2. The number of hydrogen-bond donors (Lipinski definition) is 0. The number of likely N-dealkylation sites (tertiary alicyclic amines) is 1. The molecule has 2 aliphatic rings. The highest BCUT2D eigenvalue weighted by molar-refractivity contribution is 5.98. The van der Waals surface area contributed by atoms with Gasteiger partial charge in [0.2, 0.25) is 0 Å². The Morgan fingerprint density at radius 3 is 2.75 bits per heavy atom. The Hall–Kier alpha value is -2.69. The first-order valence-electron chi connectivity index (χ1n) is 10.5. The fraction of sp³-hybridized carbons (Fsp3) is 0.435. The minimum atomic E-state index is 0.131.